The van der Waals surface area contributed by atoms with Crippen molar-refractivity contribution in [1.29, 1.82) is 0 Å². The van der Waals surface area contributed by atoms with Crippen molar-refractivity contribution in [2.24, 2.45) is 11.1 Å². The van der Waals surface area contributed by atoms with E-state index >= 15 is 0 Å². The molecule has 1 amide bonds. The maximum absolute atomic E-state index is 12.4. The fourth-order valence-electron chi connectivity index (χ4n) is 2.29. The number of halogens is 2. The Morgan fingerprint density at radius 1 is 1.32 bits per heavy atom. The average Bonchev–Trinajstić information content (AvgIpc) is 2.47. The van der Waals surface area contributed by atoms with Gasteiger partial charge < -0.3 is 16.0 Å². The van der Waals surface area contributed by atoms with Crippen LogP contribution in [0.1, 0.15) is 32.3 Å². The monoisotopic (exact) mass is 350 g/mol. The third kappa shape index (κ3) is 5.30. The number of rotatable bonds is 7. The van der Waals surface area contributed by atoms with Gasteiger partial charge in [0.15, 0.2) is 0 Å². The molecule has 0 fully saturated rings. The van der Waals surface area contributed by atoms with Crippen molar-refractivity contribution < 1.29 is 4.79 Å². The summed E-state index contributed by atoms with van der Waals surface area (Å²) in [5.41, 5.74) is 6.34. The first kappa shape index (κ1) is 23.2. The summed E-state index contributed by atoms with van der Waals surface area (Å²) in [7, 11) is 3.88. The number of nitrogens with zero attached hydrogens (tertiary/aromatic N) is 2. The Bertz CT molecular complexity index is 443. The number of amides is 1. The van der Waals surface area contributed by atoms with Gasteiger partial charge in [0.2, 0.25) is 5.91 Å². The highest BCUT2D eigenvalue weighted by atomic mass is 35.5. The van der Waals surface area contributed by atoms with Crippen molar-refractivity contribution in [3.05, 3.63) is 23.9 Å². The Labute approximate surface area is 145 Å². The van der Waals surface area contributed by atoms with Crippen molar-refractivity contribution in [2.45, 2.75) is 33.2 Å². The minimum absolute atomic E-state index is 0. The lowest BCUT2D eigenvalue weighted by molar-refractivity contribution is -0.131. The number of nitrogens with two attached hydrogens (primary N) is 1. The first-order chi connectivity index (χ1) is 9.50. The van der Waals surface area contributed by atoms with E-state index in [9.17, 15) is 4.79 Å². The van der Waals surface area contributed by atoms with E-state index in [1.165, 1.54) is 0 Å². The molecule has 1 aromatic rings. The molecular weight excluding hydrogens is 323 g/mol. The maximum Gasteiger partial charge on any atom is 0.227 e. The zero-order valence-electron chi connectivity index (χ0n) is 13.8. The Morgan fingerprint density at radius 2 is 1.91 bits per heavy atom. The molecule has 22 heavy (non-hydrogen) atoms. The molecule has 0 atom stereocenters. The number of pyridine rings is 1. The fourth-order valence-corrected chi connectivity index (χ4v) is 2.29. The molecular formula is C15H28Cl2N4O. The molecule has 0 radical (unpaired) electrons. The number of aromatic nitrogens is 1. The van der Waals surface area contributed by atoms with Crippen LogP contribution in [0.2, 0.25) is 0 Å². The fraction of sp³-hybridized carbons (Fsp3) is 0.600. The second kappa shape index (κ2) is 10.6. The van der Waals surface area contributed by atoms with E-state index in [2.05, 4.69) is 10.3 Å². The van der Waals surface area contributed by atoms with Crippen LogP contribution in [0.25, 0.3) is 0 Å². The van der Waals surface area contributed by atoms with Gasteiger partial charge in [-0.3, -0.25) is 4.79 Å². The Kier molecular flexibility index (Phi) is 11.2. The van der Waals surface area contributed by atoms with Crippen LogP contribution in [0.5, 0.6) is 0 Å². The van der Waals surface area contributed by atoms with E-state index in [4.69, 9.17) is 5.73 Å². The second-order valence-electron chi connectivity index (χ2n) is 5.25. The minimum Gasteiger partial charge on any atom is -0.362 e. The van der Waals surface area contributed by atoms with Crippen LogP contribution < -0.4 is 16.0 Å². The molecule has 7 heteroatoms. The highest BCUT2D eigenvalue weighted by Gasteiger charge is 2.33. The SMILES string of the molecule is CCC(CC)(CN)C(=O)NCc1cccnc1N(C)C.Cl.Cl. The van der Waals surface area contributed by atoms with Gasteiger partial charge in [-0.1, -0.05) is 19.9 Å². The lowest BCUT2D eigenvalue weighted by atomic mass is 9.81. The summed E-state index contributed by atoms with van der Waals surface area (Å²) >= 11 is 0. The summed E-state index contributed by atoms with van der Waals surface area (Å²) in [5, 5.41) is 3.00. The molecule has 1 rings (SSSR count). The van der Waals surface area contributed by atoms with Crippen molar-refractivity contribution in [3.63, 3.8) is 0 Å². The van der Waals surface area contributed by atoms with Crippen LogP contribution >= 0.6 is 24.8 Å². The normalized spacial score (nSPS) is 10.2. The largest absolute Gasteiger partial charge is 0.362 e. The molecule has 0 aliphatic carbocycles. The van der Waals surface area contributed by atoms with Crippen LogP contribution in [0.4, 0.5) is 5.82 Å². The quantitative estimate of drug-likeness (QED) is 0.791. The van der Waals surface area contributed by atoms with Crippen LogP contribution in [-0.2, 0) is 11.3 Å². The van der Waals surface area contributed by atoms with Gasteiger partial charge in [0.05, 0.1) is 5.41 Å². The third-order valence-corrected chi connectivity index (χ3v) is 3.96. The number of carbonyl (C=O) groups is 1. The van der Waals surface area contributed by atoms with Crippen LogP contribution in [0.15, 0.2) is 18.3 Å². The Morgan fingerprint density at radius 3 is 2.36 bits per heavy atom. The van der Waals surface area contributed by atoms with Gasteiger partial charge in [-0.25, -0.2) is 4.98 Å². The van der Waals surface area contributed by atoms with Crippen molar-refractivity contribution in [3.8, 4) is 0 Å². The van der Waals surface area contributed by atoms with Crippen LogP contribution in [0.3, 0.4) is 0 Å². The lowest BCUT2D eigenvalue weighted by Gasteiger charge is -2.28. The average molecular weight is 351 g/mol. The molecule has 0 aliphatic rings. The Balaban J connectivity index is 0. The van der Waals surface area contributed by atoms with E-state index in [1.54, 1.807) is 6.20 Å². The highest BCUT2D eigenvalue weighted by molar-refractivity contribution is 5.85. The molecule has 5 nitrogen and oxygen atoms in total. The topological polar surface area (TPSA) is 71.2 Å². The summed E-state index contributed by atoms with van der Waals surface area (Å²) in [6.45, 7) is 4.86. The molecule has 0 spiro atoms. The van der Waals surface area contributed by atoms with E-state index in [-0.39, 0.29) is 30.7 Å². The first-order valence-electron chi connectivity index (χ1n) is 7.10. The lowest BCUT2D eigenvalue weighted by Crippen LogP contribution is -2.45. The van der Waals surface area contributed by atoms with Gasteiger partial charge in [-0.05, 0) is 18.9 Å². The summed E-state index contributed by atoms with van der Waals surface area (Å²) in [5.74, 6) is 0.901. The maximum atomic E-state index is 12.4. The van der Waals surface area contributed by atoms with Gasteiger partial charge in [-0.2, -0.15) is 0 Å². The second-order valence-corrected chi connectivity index (χ2v) is 5.25. The minimum atomic E-state index is -0.458. The molecule has 0 bridgehead atoms. The van der Waals surface area contributed by atoms with Crippen LogP contribution in [0, 0.1) is 5.41 Å². The van der Waals surface area contributed by atoms with Crippen LogP contribution in [-0.4, -0.2) is 31.5 Å². The van der Waals surface area contributed by atoms with Crippen molar-refractivity contribution >= 4 is 36.5 Å². The number of hydrogen-bond acceptors (Lipinski definition) is 4. The summed E-state index contributed by atoms with van der Waals surface area (Å²) < 4.78 is 0. The molecule has 1 aromatic heterocycles. The number of anilines is 1. The predicted octanol–water partition coefficient (Wildman–Crippen LogP) is 2.37. The summed E-state index contributed by atoms with van der Waals surface area (Å²) in [4.78, 5) is 18.7. The number of carbonyl (C=O) groups excluding carboxylic acids is 1. The molecule has 0 saturated carbocycles. The van der Waals surface area contributed by atoms with Gasteiger partial charge in [0.25, 0.3) is 0 Å². The molecule has 128 valence electrons. The summed E-state index contributed by atoms with van der Waals surface area (Å²) in [6.07, 6.45) is 3.25. The summed E-state index contributed by atoms with van der Waals surface area (Å²) in [6, 6.07) is 3.86. The van der Waals surface area contributed by atoms with Gasteiger partial charge in [0, 0.05) is 38.9 Å². The number of nitrogens with one attached hydrogen (secondary N) is 1. The highest BCUT2D eigenvalue weighted by Crippen LogP contribution is 2.25. The van der Waals surface area contributed by atoms with Crippen molar-refractivity contribution in [1.82, 2.24) is 10.3 Å². The third-order valence-electron chi connectivity index (χ3n) is 3.96. The standard InChI is InChI=1S/C15H26N4O.2ClH/c1-5-15(6-2,11-16)14(20)18-10-12-8-7-9-17-13(12)19(3)4;;/h7-9H,5-6,10-11,16H2,1-4H3,(H,18,20);2*1H. The van der Waals surface area contributed by atoms with E-state index in [0.29, 0.717) is 13.1 Å². The zero-order chi connectivity index (χ0) is 15.2. The molecule has 0 aliphatic heterocycles. The van der Waals surface area contributed by atoms with Crippen molar-refractivity contribution in [2.75, 3.05) is 25.5 Å². The molecule has 0 aromatic carbocycles. The van der Waals surface area contributed by atoms with E-state index in [0.717, 1.165) is 24.2 Å². The smallest absolute Gasteiger partial charge is 0.227 e. The van der Waals surface area contributed by atoms with E-state index < -0.39 is 5.41 Å². The van der Waals surface area contributed by atoms with E-state index in [1.807, 2.05) is 45.0 Å². The molecule has 0 unspecified atom stereocenters. The zero-order valence-corrected chi connectivity index (χ0v) is 15.4. The molecule has 1 heterocycles. The predicted molar refractivity (Wildman–Crippen MR) is 97.0 cm³/mol. The molecule has 0 saturated heterocycles. The van der Waals surface area contributed by atoms with Gasteiger partial charge in [0.1, 0.15) is 5.82 Å². The number of hydrogen-bond donors (Lipinski definition) is 2. The van der Waals surface area contributed by atoms with Gasteiger partial charge in [-0.15, -0.1) is 24.8 Å². The molecule has 3 N–H and O–H groups in total. The Hall–Kier alpha value is -1.04. The first-order valence-corrected chi connectivity index (χ1v) is 7.10. The van der Waals surface area contributed by atoms with Gasteiger partial charge >= 0.3 is 0 Å².